The first-order valence-electron chi connectivity index (χ1n) is 8.07. The number of aromatic nitrogens is 1. The van der Waals surface area contributed by atoms with Crippen molar-refractivity contribution in [2.75, 3.05) is 0 Å². The summed E-state index contributed by atoms with van der Waals surface area (Å²) in [7, 11) is 0. The Labute approximate surface area is 168 Å². The van der Waals surface area contributed by atoms with Crippen molar-refractivity contribution in [2.24, 2.45) is 10.7 Å². The van der Waals surface area contributed by atoms with Gasteiger partial charge in [0.15, 0.2) is 4.80 Å². The molecule has 1 unspecified atom stereocenters. The zero-order valence-corrected chi connectivity index (χ0v) is 16.6. The Balaban J connectivity index is 1.78. The molecule has 1 aromatic carbocycles. The highest BCUT2D eigenvalue weighted by Gasteiger charge is 2.18. The molecule has 1 atom stereocenters. The highest BCUT2D eigenvalue weighted by molar-refractivity contribution is 7.10. The van der Waals surface area contributed by atoms with E-state index in [9.17, 15) is 9.59 Å². The van der Waals surface area contributed by atoms with Gasteiger partial charge in [0.2, 0.25) is 0 Å². The van der Waals surface area contributed by atoms with Crippen molar-refractivity contribution in [1.82, 2.24) is 9.88 Å². The smallest absolute Gasteiger partial charge is 0.312 e. The Hall–Kier alpha value is -2.42. The summed E-state index contributed by atoms with van der Waals surface area (Å²) < 4.78 is 1.87. The average molecular weight is 421 g/mol. The molecule has 0 aliphatic heterocycles. The molecule has 6 nitrogen and oxygen atoms in total. The van der Waals surface area contributed by atoms with Crippen LogP contribution in [0.25, 0.3) is 0 Å². The number of carbonyl (C=O) groups excluding carboxylic acids is 2. The van der Waals surface area contributed by atoms with Gasteiger partial charge in [-0.2, -0.15) is 4.99 Å². The molecule has 3 aromatic rings. The van der Waals surface area contributed by atoms with Crippen LogP contribution in [0.1, 0.15) is 22.9 Å². The third-order valence-corrected chi connectivity index (χ3v) is 5.91. The molecule has 27 heavy (non-hydrogen) atoms. The number of urea groups is 1. The van der Waals surface area contributed by atoms with Crippen molar-refractivity contribution in [3.05, 3.63) is 73.6 Å². The van der Waals surface area contributed by atoms with Crippen LogP contribution in [0.4, 0.5) is 4.79 Å². The van der Waals surface area contributed by atoms with Crippen molar-refractivity contribution in [3.8, 4) is 0 Å². The lowest BCUT2D eigenvalue weighted by atomic mass is 10.1. The lowest BCUT2D eigenvalue weighted by Crippen LogP contribution is -2.34. The van der Waals surface area contributed by atoms with E-state index < -0.39 is 12.1 Å². The van der Waals surface area contributed by atoms with Crippen molar-refractivity contribution in [3.63, 3.8) is 0 Å². The van der Waals surface area contributed by atoms with Gasteiger partial charge in [-0.15, -0.1) is 22.7 Å². The summed E-state index contributed by atoms with van der Waals surface area (Å²) in [6.07, 6.45) is 1.89. The summed E-state index contributed by atoms with van der Waals surface area (Å²) in [4.78, 5) is 29.4. The Bertz CT molecular complexity index is 995. The summed E-state index contributed by atoms with van der Waals surface area (Å²) >= 11 is 9.03. The average Bonchev–Trinajstić information content (AvgIpc) is 3.28. The maximum absolute atomic E-state index is 12.5. The van der Waals surface area contributed by atoms with E-state index in [0.29, 0.717) is 16.4 Å². The summed E-state index contributed by atoms with van der Waals surface area (Å²) in [6, 6.07) is 10.1. The number of hydrogen-bond acceptors (Lipinski definition) is 4. The van der Waals surface area contributed by atoms with Crippen LogP contribution in [-0.4, -0.2) is 16.5 Å². The Morgan fingerprint density at radius 2 is 2.00 bits per heavy atom. The van der Waals surface area contributed by atoms with Gasteiger partial charge in [0.25, 0.3) is 5.91 Å². The molecular formula is C18H17ClN4O2S2. The van der Waals surface area contributed by atoms with Crippen LogP contribution in [-0.2, 0) is 11.3 Å². The summed E-state index contributed by atoms with van der Waals surface area (Å²) in [5.41, 5.74) is 6.18. The number of amides is 3. The molecule has 0 aliphatic rings. The third-order valence-electron chi connectivity index (χ3n) is 3.76. The Kier molecular flexibility index (Phi) is 6.44. The van der Waals surface area contributed by atoms with Gasteiger partial charge >= 0.3 is 6.03 Å². The van der Waals surface area contributed by atoms with Gasteiger partial charge in [-0.1, -0.05) is 35.9 Å². The highest BCUT2D eigenvalue weighted by atomic mass is 35.5. The highest BCUT2D eigenvalue weighted by Crippen LogP contribution is 2.22. The summed E-state index contributed by atoms with van der Waals surface area (Å²) in [5, 5.41) is 7.01. The number of halogens is 1. The molecule has 0 saturated carbocycles. The first kappa shape index (κ1) is 19.3. The number of rotatable bonds is 6. The Morgan fingerprint density at radius 3 is 2.70 bits per heavy atom. The third kappa shape index (κ3) is 5.29. The van der Waals surface area contributed by atoms with Crippen LogP contribution in [0.15, 0.2) is 58.3 Å². The molecule has 0 fully saturated rings. The predicted molar refractivity (Wildman–Crippen MR) is 108 cm³/mol. The van der Waals surface area contributed by atoms with Crippen molar-refractivity contribution in [1.29, 1.82) is 0 Å². The van der Waals surface area contributed by atoms with Crippen LogP contribution in [0.3, 0.4) is 0 Å². The van der Waals surface area contributed by atoms with Crippen LogP contribution in [0.5, 0.6) is 0 Å². The minimum atomic E-state index is -0.675. The molecule has 0 bridgehead atoms. The maximum Gasteiger partial charge on any atom is 0.312 e. The maximum atomic E-state index is 12.5. The van der Waals surface area contributed by atoms with Gasteiger partial charge in [-0.25, -0.2) is 4.79 Å². The number of carbonyl (C=O) groups is 2. The van der Waals surface area contributed by atoms with E-state index in [-0.39, 0.29) is 12.3 Å². The number of thiophene rings is 1. The number of nitrogens with two attached hydrogens (primary N) is 1. The number of nitrogens with zero attached hydrogens (tertiary/aromatic N) is 2. The Morgan fingerprint density at radius 1 is 1.19 bits per heavy atom. The second-order valence-corrected chi connectivity index (χ2v) is 7.95. The number of benzene rings is 1. The standard InChI is InChI=1S/C18H17ClN4O2S2/c19-13-5-2-1-4-12(13)11-23-7-9-27-18(23)22-16(24)10-14(21-17(20)25)15-6-3-8-26-15/h1-9,14H,10-11H2,(H3,20,21,25). The molecule has 9 heteroatoms. The minimum Gasteiger partial charge on any atom is -0.352 e. The normalized spacial score (nSPS) is 12.7. The van der Waals surface area contributed by atoms with Crippen molar-refractivity contribution >= 4 is 46.2 Å². The lowest BCUT2D eigenvalue weighted by molar-refractivity contribution is -0.118. The number of primary amides is 1. The van der Waals surface area contributed by atoms with Gasteiger partial charge in [0.05, 0.1) is 19.0 Å². The second-order valence-electron chi connectivity index (χ2n) is 5.69. The van der Waals surface area contributed by atoms with E-state index in [4.69, 9.17) is 17.3 Å². The van der Waals surface area contributed by atoms with Crippen molar-refractivity contribution in [2.45, 2.75) is 19.0 Å². The van der Waals surface area contributed by atoms with Crippen molar-refractivity contribution < 1.29 is 9.59 Å². The minimum absolute atomic E-state index is 0.0352. The topological polar surface area (TPSA) is 89.5 Å². The predicted octanol–water partition coefficient (Wildman–Crippen LogP) is 3.54. The number of nitrogens with one attached hydrogen (secondary N) is 1. The van der Waals surface area contributed by atoms with E-state index >= 15 is 0 Å². The zero-order chi connectivity index (χ0) is 19.2. The molecule has 0 radical (unpaired) electrons. The van der Waals surface area contributed by atoms with E-state index in [2.05, 4.69) is 10.3 Å². The molecule has 2 heterocycles. The monoisotopic (exact) mass is 420 g/mol. The molecule has 0 spiro atoms. The van der Waals surface area contributed by atoms with Crippen LogP contribution in [0.2, 0.25) is 5.02 Å². The number of thiazole rings is 1. The second kappa shape index (κ2) is 8.98. The van der Waals surface area contributed by atoms with E-state index in [0.717, 1.165) is 10.4 Å². The zero-order valence-electron chi connectivity index (χ0n) is 14.2. The molecule has 0 saturated heterocycles. The van der Waals surface area contributed by atoms with Gasteiger partial charge in [0, 0.05) is 21.5 Å². The fourth-order valence-corrected chi connectivity index (χ4v) is 4.25. The molecule has 0 aliphatic carbocycles. The van der Waals surface area contributed by atoms with E-state index in [1.807, 2.05) is 57.9 Å². The summed E-state index contributed by atoms with van der Waals surface area (Å²) in [6.45, 7) is 0.517. The molecule has 3 rings (SSSR count). The quantitative estimate of drug-likeness (QED) is 0.638. The SMILES string of the molecule is NC(=O)NC(CC(=O)N=c1sccn1Cc1ccccc1Cl)c1cccs1. The van der Waals surface area contributed by atoms with Gasteiger partial charge in [-0.3, -0.25) is 4.79 Å². The lowest BCUT2D eigenvalue weighted by Gasteiger charge is -2.13. The van der Waals surface area contributed by atoms with E-state index in [1.165, 1.54) is 22.7 Å². The van der Waals surface area contributed by atoms with Gasteiger partial charge < -0.3 is 15.6 Å². The molecule has 3 N–H and O–H groups in total. The largest absolute Gasteiger partial charge is 0.352 e. The summed E-state index contributed by atoms with van der Waals surface area (Å²) in [5.74, 6) is -0.336. The fourth-order valence-electron chi connectivity index (χ4n) is 2.53. The fraction of sp³-hybridized carbons (Fsp3) is 0.167. The number of hydrogen-bond donors (Lipinski definition) is 2. The van der Waals surface area contributed by atoms with Gasteiger partial charge in [-0.05, 0) is 23.1 Å². The first-order valence-corrected chi connectivity index (χ1v) is 10.2. The van der Waals surface area contributed by atoms with Gasteiger partial charge in [0.1, 0.15) is 0 Å². The van der Waals surface area contributed by atoms with Crippen LogP contribution < -0.4 is 15.9 Å². The molecular weight excluding hydrogens is 404 g/mol. The first-order chi connectivity index (χ1) is 13.0. The van der Waals surface area contributed by atoms with E-state index in [1.54, 1.807) is 0 Å². The molecule has 3 amide bonds. The molecule has 2 aromatic heterocycles. The van der Waals surface area contributed by atoms with Crippen LogP contribution in [0, 0.1) is 0 Å². The molecule has 140 valence electrons. The van der Waals surface area contributed by atoms with Crippen LogP contribution >= 0.6 is 34.3 Å².